The van der Waals surface area contributed by atoms with Crippen molar-refractivity contribution in [3.8, 4) is 6.07 Å². The maximum absolute atomic E-state index is 8.53. The lowest BCUT2D eigenvalue weighted by Gasteiger charge is -2.34. The molecule has 0 atom stereocenters. The Labute approximate surface area is 110 Å². The lowest BCUT2D eigenvalue weighted by molar-refractivity contribution is 0.126. The second-order valence-corrected chi connectivity index (χ2v) is 4.87. The number of benzene rings is 1. The predicted molar refractivity (Wildman–Crippen MR) is 73.0 cm³/mol. The van der Waals surface area contributed by atoms with E-state index in [0.717, 1.165) is 45.7 Å². The van der Waals surface area contributed by atoms with Gasteiger partial charge in [-0.2, -0.15) is 5.26 Å². The quantitative estimate of drug-likeness (QED) is 0.742. The van der Waals surface area contributed by atoms with Gasteiger partial charge in [-0.05, 0) is 18.5 Å². The third-order valence-corrected chi connectivity index (χ3v) is 3.48. The van der Waals surface area contributed by atoms with Crippen LogP contribution in [0.1, 0.15) is 18.4 Å². The molecular weight excluding hydrogens is 222 g/mol. The summed E-state index contributed by atoms with van der Waals surface area (Å²) in [5.74, 6) is 0. The first-order chi connectivity index (χ1) is 8.88. The molecule has 0 radical (unpaired) electrons. The van der Waals surface area contributed by atoms with Crippen LogP contribution in [0.25, 0.3) is 0 Å². The van der Waals surface area contributed by atoms with Gasteiger partial charge in [0.15, 0.2) is 0 Å². The molecule has 0 N–H and O–H groups in total. The first-order valence-electron chi connectivity index (χ1n) is 6.74. The Morgan fingerprint density at radius 3 is 2.33 bits per heavy atom. The topological polar surface area (TPSA) is 30.3 Å². The number of hydrogen-bond donors (Lipinski definition) is 0. The Morgan fingerprint density at radius 2 is 1.67 bits per heavy atom. The summed E-state index contributed by atoms with van der Waals surface area (Å²) in [5.41, 5.74) is 1.40. The van der Waals surface area contributed by atoms with E-state index in [1.165, 1.54) is 5.56 Å². The average molecular weight is 243 g/mol. The van der Waals surface area contributed by atoms with E-state index >= 15 is 0 Å². The van der Waals surface area contributed by atoms with Crippen LogP contribution in [0.5, 0.6) is 0 Å². The van der Waals surface area contributed by atoms with Gasteiger partial charge in [0, 0.05) is 39.1 Å². The summed E-state index contributed by atoms with van der Waals surface area (Å²) < 4.78 is 0. The third-order valence-electron chi connectivity index (χ3n) is 3.48. The smallest absolute Gasteiger partial charge is 0.0622 e. The molecule has 18 heavy (non-hydrogen) atoms. The van der Waals surface area contributed by atoms with Crippen molar-refractivity contribution >= 4 is 0 Å². The predicted octanol–water partition coefficient (Wildman–Crippen LogP) is 2.11. The van der Waals surface area contributed by atoms with Crippen molar-refractivity contribution < 1.29 is 0 Å². The molecule has 1 aliphatic rings. The minimum absolute atomic E-state index is 0.685. The lowest BCUT2D eigenvalue weighted by atomic mass is 10.2. The molecule has 0 unspecified atom stereocenters. The molecule has 0 amide bonds. The highest BCUT2D eigenvalue weighted by atomic mass is 15.3. The summed E-state index contributed by atoms with van der Waals surface area (Å²) in [4.78, 5) is 4.98. The van der Waals surface area contributed by atoms with Crippen molar-refractivity contribution in [3.63, 3.8) is 0 Å². The molecule has 1 fully saturated rings. The van der Waals surface area contributed by atoms with Crippen LogP contribution in [-0.2, 0) is 6.54 Å². The van der Waals surface area contributed by atoms with Gasteiger partial charge < -0.3 is 4.90 Å². The number of nitriles is 1. The molecule has 3 nitrogen and oxygen atoms in total. The van der Waals surface area contributed by atoms with Gasteiger partial charge in [-0.15, -0.1) is 0 Å². The highest BCUT2D eigenvalue weighted by Crippen LogP contribution is 2.08. The third kappa shape index (κ3) is 4.14. The van der Waals surface area contributed by atoms with Crippen molar-refractivity contribution in [1.29, 1.82) is 5.26 Å². The molecule has 1 heterocycles. The van der Waals surface area contributed by atoms with E-state index in [0.29, 0.717) is 6.42 Å². The second-order valence-electron chi connectivity index (χ2n) is 4.87. The zero-order valence-electron chi connectivity index (χ0n) is 10.9. The first-order valence-corrected chi connectivity index (χ1v) is 6.74. The van der Waals surface area contributed by atoms with E-state index in [4.69, 9.17) is 5.26 Å². The van der Waals surface area contributed by atoms with Gasteiger partial charge in [0.2, 0.25) is 0 Å². The van der Waals surface area contributed by atoms with Crippen LogP contribution >= 0.6 is 0 Å². The number of unbranched alkanes of at least 4 members (excludes halogenated alkanes) is 1. The van der Waals surface area contributed by atoms with Crippen molar-refractivity contribution in [3.05, 3.63) is 35.9 Å². The van der Waals surface area contributed by atoms with Crippen molar-refractivity contribution in [2.75, 3.05) is 32.7 Å². The van der Waals surface area contributed by atoms with Gasteiger partial charge in [-0.25, -0.2) is 0 Å². The molecule has 0 aliphatic carbocycles. The summed E-state index contributed by atoms with van der Waals surface area (Å²) >= 11 is 0. The van der Waals surface area contributed by atoms with E-state index in [1.54, 1.807) is 0 Å². The van der Waals surface area contributed by atoms with Crippen LogP contribution in [0.2, 0.25) is 0 Å². The molecule has 0 spiro atoms. The van der Waals surface area contributed by atoms with Crippen molar-refractivity contribution in [1.82, 2.24) is 9.80 Å². The summed E-state index contributed by atoms with van der Waals surface area (Å²) in [5, 5.41) is 8.53. The highest BCUT2D eigenvalue weighted by Gasteiger charge is 2.16. The number of rotatable bonds is 5. The fraction of sp³-hybridized carbons (Fsp3) is 0.533. The Kier molecular flexibility index (Phi) is 5.19. The molecule has 96 valence electrons. The Hall–Kier alpha value is -1.37. The molecule has 1 aromatic rings. The molecule has 1 saturated heterocycles. The summed E-state index contributed by atoms with van der Waals surface area (Å²) in [7, 11) is 0. The molecule has 2 rings (SSSR count). The van der Waals surface area contributed by atoms with E-state index in [9.17, 15) is 0 Å². The van der Waals surface area contributed by atoms with Crippen LogP contribution in [-0.4, -0.2) is 42.5 Å². The second kappa shape index (κ2) is 7.15. The van der Waals surface area contributed by atoms with Crippen LogP contribution in [0.3, 0.4) is 0 Å². The van der Waals surface area contributed by atoms with Crippen LogP contribution < -0.4 is 0 Å². The zero-order chi connectivity index (χ0) is 12.6. The highest BCUT2D eigenvalue weighted by molar-refractivity contribution is 5.14. The maximum atomic E-state index is 8.53. The number of piperazine rings is 1. The molecule has 1 aliphatic heterocycles. The first kappa shape index (κ1) is 13.1. The van der Waals surface area contributed by atoms with Gasteiger partial charge >= 0.3 is 0 Å². The maximum Gasteiger partial charge on any atom is 0.0622 e. The van der Waals surface area contributed by atoms with E-state index in [2.05, 4.69) is 46.2 Å². The Balaban J connectivity index is 1.69. The van der Waals surface area contributed by atoms with E-state index in [1.807, 2.05) is 0 Å². The minimum atomic E-state index is 0.685. The van der Waals surface area contributed by atoms with E-state index < -0.39 is 0 Å². The largest absolute Gasteiger partial charge is 0.301 e. The van der Waals surface area contributed by atoms with Gasteiger partial charge in [0.25, 0.3) is 0 Å². The summed E-state index contributed by atoms with van der Waals surface area (Å²) in [6.45, 7) is 6.69. The average Bonchev–Trinajstić information content (AvgIpc) is 2.42. The van der Waals surface area contributed by atoms with Crippen LogP contribution in [0.4, 0.5) is 0 Å². The normalized spacial score (nSPS) is 17.5. The molecule has 1 aromatic carbocycles. The monoisotopic (exact) mass is 243 g/mol. The molecule has 0 aromatic heterocycles. The van der Waals surface area contributed by atoms with Crippen molar-refractivity contribution in [2.24, 2.45) is 0 Å². The minimum Gasteiger partial charge on any atom is -0.301 e. The summed E-state index contributed by atoms with van der Waals surface area (Å²) in [6.07, 6.45) is 1.69. The van der Waals surface area contributed by atoms with Gasteiger partial charge in [-0.3, -0.25) is 4.90 Å². The molecule has 3 heteroatoms. The lowest BCUT2D eigenvalue weighted by Crippen LogP contribution is -2.46. The molecule has 0 saturated carbocycles. The Morgan fingerprint density at radius 1 is 1.00 bits per heavy atom. The molecule has 0 bridgehead atoms. The number of nitrogens with zero attached hydrogens (tertiary/aromatic N) is 3. The van der Waals surface area contributed by atoms with Gasteiger partial charge in [-0.1, -0.05) is 30.3 Å². The molecular formula is C15H21N3. The zero-order valence-corrected chi connectivity index (χ0v) is 10.9. The Bertz CT molecular complexity index is 374. The fourth-order valence-electron chi connectivity index (χ4n) is 2.39. The SMILES string of the molecule is N#CCCCN1CCN(Cc2ccccc2)CC1. The van der Waals surface area contributed by atoms with Crippen molar-refractivity contribution in [2.45, 2.75) is 19.4 Å². The number of hydrogen-bond acceptors (Lipinski definition) is 3. The van der Waals surface area contributed by atoms with E-state index in [-0.39, 0.29) is 0 Å². The summed E-state index contributed by atoms with van der Waals surface area (Å²) in [6, 6.07) is 12.9. The standard InChI is InChI=1S/C15H21N3/c16-8-4-5-9-17-10-12-18(13-11-17)14-15-6-2-1-3-7-15/h1-3,6-7H,4-5,9-14H2. The van der Waals surface area contributed by atoms with Crippen LogP contribution in [0.15, 0.2) is 30.3 Å². The van der Waals surface area contributed by atoms with Gasteiger partial charge in [0.05, 0.1) is 6.07 Å². The van der Waals surface area contributed by atoms with Crippen LogP contribution in [0, 0.1) is 11.3 Å². The fourth-order valence-corrected chi connectivity index (χ4v) is 2.39. The van der Waals surface area contributed by atoms with Gasteiger partial charge in [0.1, 0.15) is 0 Å².